The average Bonchev–Trinajstić information content (AvgIpc) is 2.43. The van der Waals surface area contributed by atoms with Crippen molar-refractivity contribution in [3.05, 3.63) is 59.2 Å². The van der Waals surface area contributed by atoms with Gasteiger partial charge < -0.3 is 5.73 Å². The lowest BCUT2D eigenvalue weighted by Gasteiger charge is -2.11. The van der Waals surface area contributed by atoms with Crippen molar-refractivity contribution in [1.82, 2.24) is 0 Å². The van der Waals surface area contributed by atoms with Crippen LogP contribution in [0.2, 0.25) is 0 Å². The smallest absolute Gasteiger partial charge is 0.262 e. The van der Waals surface area contributed by atoms with Crippen LogP contribution in [-0.4, -0.2) is 8.42 Å². The summed E-state index contributed by atoms with van der Waals surface area (Å²) in [6, 6.07) is 7.43. The molecule has 0 heterocycles. The Kier molecular flexibility index (Phi) is 4.24. The molecule has 0 aromatic heterocycles. The molecule has 2 rings (SSSR count). The third-order valence-corrected chi connectivity index (χ3v) is 4.40. The Morgan fingerprint density at radius 3 is 2.33 bits per heavy atom. The number of hydrogen-bond donors (Lipinski definition) is 2. The van der Waals surface area contributed by atoms with Crippen LogP contribution in [0.3, 0.4) is 0 Å². The number of nitrogens with one attached hydrogen (secondary N) is 1. The predicted octanol–water partition coefficient (Wildman–Crippen LogP) is 2.53. The van der Waals surface area contributed by atoms with Crippen molar-refractivity contribution in [2.75, 3.05) is 4.72 Å². The van der Waals surface area contributed by atoms with E-state index in [0.29, 0.717) is 5.56 Å². The molecule has 7 heteroatoms. The Labute approximate surface area is 121 Å². The lowest BCUT2D eigenvalue weighted by atomic mass is 10.1. The molecule has 0 amide bonds. The molecule has 21 heavy (non-hydrogen) atoms. The average molecular weight is 312 g/mol. The zero-order valence-corrected chi connectivity index (χ0v) is 12.0. The molecule has 112 valence electrons. The summed E-state index contributed by atoms with van der Waals surface area (Å²) in [7, 11) is -4.09. The van der Waals surface area contributed by atoms with Gasteiger partial charge in [-0.3, -0.25) is 4.72 Å². The lowest BCUT2D eigenvalue weighted by molar-refractivity contribution is 0.583. The van der Waals surface area contributed by atoms with Crippen molar-refractivity contribution in [2.24, 2.45) is 5.73 Å². The number of benzene rings is 2. The van der Waals surface area contributed by atoms with E-state index in [1.165, 1.54) is 12.1 Å². The topological polar surface area (TPSA) is 72.2 Å². The maximum absolute atomic E-state index is 13.5. The van der Waals surface area contributed by atoms with Crippen LogP contribution in [0.5, 0.6) is 0 Å². The van der Waals surface area contributed by atoms with E-state index in [1.807, 2.05) is 4.72 Å². The van der Waals surface area contributed by atoms with E-state index < -0.39 is 27.3 Å². The third-order valence-electron chi connectivity index (χ3n) is 3.05. The number of rotatable bonds is 4. The van der Waals surface area contributed by atoms with Crippen molar-refractivity contribution in [2.45, 2.75) is 18.4 Å². The van der Waals surface area contributed by atoms with Crippen molar-refractivity contribution >= 4 is 15.7 Å². The van der Waals surface area contributed by atoms with Gasteiger partial charge in [-0.25, -0.2) is 17.2 Å². The summed E-state index contributed by atoms with van der Waals surface area (Å²) in [5.41, 5.74) is 6.31. The predicted molar refractivity (Wildman–Crippen MR) is 76.2 cm³/mol. The van der Waals surface area contributed by atoms with E-state index >= 15 is 0 Å². The molecule has 2 aromatic rings. The minimum atomic E-state index is -4.09. The Balaban J connectivity index is 2.44. The minimum absolute atomic E-state index is 0.101. The molecule has 4 nitrogen and oxygen atoms in total. The maximum atomic E-state index is 13.5. The molecule has 0 saturated carbocycles. The Morgan fingerprint density at radius 2 is 1.76 bits per heavy atom. The second kappa shape index (κ2) is 5.79. The highest BCUT2D eigenvalue weighted by atomic mass is 32.2. The van der Waals surface area contributed by atoms with Gasteiger partial charge in [0.1, 0.15) is 17.3 Å². The summed E-state index contributed by atoms with van der Waals surface area (Å²) < 4.78 is 53.4. The minimum Gasteiger partial charge on any atom is -0.326 e. The Bertz CT molecular complexity index is 756. The molecule has 0 atom stereocenters. The number of aryl methyl sites for hydroxylation is 1. The summed E-state index contributed by atoms with van der Waals surface area (Å²) in [6.45, 7) is 1.96. The van der Waals surface area contributed by atoms with Gasteiger partial charge in [0.2, 0.25) is 0 Å². The molecule has 0 radical (unpaired) electrons. The zero-order valence-electron chi connectivity index (χ0n) is 11.2. The molecular formula is C14H14F2N2O2S. The second-order valence-electron chi connectivity index (χ2n) is 4.49. The van der Waals surface area contributed by atoms with Gasteiger partial charge in [-0.2, -0.15) is 0 Å². The maximum Gasteiger partial charge on any atom is 0.262 e. The van der Waals surface area contributed by atoms with Crippen LogP contribution in [-0.2, 0) is 16.6 Å². The van der Waals surface area contributed by atoms with Crippen LogP contribution < -0.4 is 10.5 Å². The van der Waals surface area contributed by atoms with Crippen LogP contribution in [0.15, 0.2) is 41.3 Å². The van der Waals surface area contributed by atoms with Crippen molar-refractivity contribution < 1.29 is 17.2 Å². The van der Waals surface area contributed by atoms with E-state index in [4.69, 9.17) is 5.73 Å². The van der Waals surface area contributed by atoms with Gasteiger partial charge in [0.15, 0.2) is 0 Å². The molecule has 0 fully saturated rings. The van der Waals surface area contributed by atoms with Gasteiger partial charge in [0.05, 0.1) is 4.90 Å². The molecule has 0 aliphatic heterocycles. The fraction of sp³-hybridized carbons (Fsp3) is 0.143. The van der Waals surface area contributed by atoms with E-state index in [1.54, 1.807) is 13.0 Å². The number of hydrogen-bond acceptors (Lipinski definition) is 3. The van der Waals surface area contributed by atoms with Crippen molar-refractivity contribution in [3.8, 4) is 0 Å². The van der Waals surface area contributed by atoms with Gasteiger partial charge in [-0.05, 0) is 42.3 Å². The standard InChI is InChI=1S/C14H14F2N2O2S/c1-9-5-6-11(7-10(9)8-17)21(19,20)18-14-12(15)3-2-4-13(14)16/h2-7,18H,8,17H2,1H3. The molecule has 0 saturated heterocycles. The fourth-order valence-corrected chi connectivity index (χ4v) is 2.95. The molecule has 0 spiro atoms. The van der Waals surface area contributed by atoms with Gasteiger partial charge in [-0.15, -0.1) is 0 Å². The molecule has 2 aromatic carbocycles. The highest BCUT2D eigenvalue weighted by molar-refractivity contribution is 7.92. The van der Waals surface area contributed by atoms with Crippen molar-refractivity contribution in [3.63, 3.8) is 0 Å². The normalized spacial score (nSPS) is 11.4. The van der Waals surface area contributed by atoms with E-state index in [-0.39, 0.29) is 11.4 Å². The first kappa shape index (κ1) is 15.4. The summed E-state index contributed by atoms with van der Waals surface area (Å²) >= 11 is 0. The number of sulfonamides is 1. The largest absolute Gasteiger partial charge is 0.326 e. The summed E-state index contributed by atoms with van der Waals surface area (Å²) in [5, 5.41) is 0. The van der Waals surface area contributed by atoms with Crippen molar-refractivity contribution in [1.29, 1.82) is 0 Å². The molecule has 0 bridgehead atoms. The van der Waals surface area contributed by atoms with Crippen LogP contribution in [0.1, 0.15) is 11.1 Å². The Hall–Kier alpha value is -1.99. The van der Waals surface area contributed by atoms with E-state index in [0.717, 1.165) is 23.8 Å². The van der Waals surface area contributed by atoms with Gasteiger partial charge in [-0.1, -0.05) is 12.1 Å². The first-order chi connectivity index (χ1) is 9.85. The van der Waals surface area contributed by atoms with Gasteiger partial charge >= 0.3 is 0 Å². The van der Waals surface area contributed by atoms with E-state index in [2.05, 4.69) is 0 Å². The molecular weight excluding hydrogens is 298 g/mol. The molecule has 0 unspecified atom stereocenters. The zero-order chi connectivity index (χ0) is 15.6. The quantitative estimate of drug-likeness (QED) is 0.911. The van der Waals surface area contributed by atoms with Gasteiger partial charge in [0, 0.05) is 6.54 Å². The van der Waals surface area contributed by atoms with E-state index in [9.17, 15) is 17.2 Å². The van der Waals surface area contributed by atoms with Crippen LogP contribution >= 0.6 is 0 Å². The highest BCUT2D eigenvalue weighted by Gasteiger charge is 2.19. The molecule has 0 aliphatic rings. The first-order valence-electron chi connectivity index (χ1n) is 6.11. The van der Waals surface area contributed by atoms with Gasteiger partial charge in [0.25, 0.3) is 10.0 Å². The first-order valence-corrected chi connectivity index (χ1v) is 7.60. The van der Waals surface area contributed by atoms with Crippen LogP contribution in [0.4, 0.5) is 14.5 Å². The Morgan fingerprint density at radius 1 is 1.14 bits per heavy atom. The molecule has 3 N–H and O–H groups in total. The monoisotopic (exact) mass is 312 g/mol. The summed E-state index contributed by atoms with van der Waals surface area (Å²) in [4.78, 5) is -0.101. The lowest BCUT2D eigenvalue weighted by Crippen LogP contribution is -2.16. The fourth-order valence-electron chi connectivity index (χ4n) is 1.82. The summed E-state index contributed by atoms with van der Waals surface area (Å²) in [6.07, 6.45) is 0. The molecule has 0 aliphatic carbocycles. The third kappa shape index (κ3) is 3.20. The summed E-state index contributed by atoms with van der Waals surface area (Å²) in [5.74, 6) is -1.96. The second-order valence-corrected chi connectivity index (χ2v) is 6.18. The number of para-hydroxylation sites is 1. The SMILES string of the molecule is Cc1ccc(S(=O)(=O)Nc2c(F)cccc2F)cc1CN. The number of halogens is 2. The highest BCUT2D eigenvalue weighted by Crippen LogP contribution is 2.23. The van der Waals surface area contributed by atoms with Crippen LogP contribution in [0, 0.1) is 18.6 Å². The van der Waals surface area contributed by atoms with Crippen LogP contribution in [0.25, 0.3) is 0 Å². The number of nitrogens with two attached hydrogens (primary N) is 1. The number of anilines is 1.